The molecule has 1 aromatic carbocycles. The first-order chi connectivity index (χ1) is 7.22. The number of terminal acetylenes is 1. The molecule has 1 amide bonds. The van der Waals surface area contributed by atoms with Crippen LogP contribution in [0.5, 0.6) is 0 Å². The highest BCUT2D eigenvalue weighted by Crippen LogP contribution is 2.30. The van der Waals surface area contributed by atoms with Crippen LogP contribution in [-0.4, -0.2) is 12.5 Å². The third kappa shape index (κ3) is 1.84. The van der Waals surface area contributed by atoms with Crippen molar-refractivity contribution in [2.24, 2.45) is 0 Å². The maximum Gasteiger partial charge on any atom is 0.228 e. The first-order valence-electron chi connectivity index (χ1n) is 4.74. The molecule has 0 unspecified atom stereocenters. The minimum atomic E-state index is 0.0720. The van der Waals surface area contributed by atoms with E-state index in [4.69, 9.17) is 18.0 Å². The first-order valence-corrected chi connectivity index (χ1v) is 5.12. The molecule has 0 bridgehead atoms. The van der Waals surface area contributed by atoms with E-state index in [9.17, 15) is 4.79 Å². The highest BCUT2D eigenvalue weighted by Gasteiger charge is 2.23. The number of carbonyl (C=O) groups excluding carboxylic acids is 1. The minimum absolute atomic E-state index is 0.0720. The van der Waals surface area contributed by atoms with Crippen molar-refractivity contribution in [1.29, 1.82) is 0 Å². The highest BCUT2D eigenvalue weighted by molar-refractivity contribution is 6.31. The first kappa shape index (κ1) is 10.1. The van der Waals surface area contributed by atoms with Gasteiger partial charge >= 0.3 is 0 Å². The van der Waals surface area contributed by atoms with Crippen LogP contribution in [0.1, 0.15) is 12.0 Å². The molecule has 76 valence electrons. The largest absolute Gasteiger partial charge is 0.300 e. The fourth-order valence-electron chi connectivity index (χ4n) is 1.78. The molecule has 1 aliphatic rings. The van der Waals surface area contributed by atoms with Gasteiger partial charge in [-0.1, -0.05) is 23.6 Å². The molecule has 1 heterocycles. The third-order valence-electron chi connectivity index (χ3n) is 2.50. The lowest BCUT2D eigenvalue weighted by Crippen LogP contribution is -2.35. The zero-order chi connectivity index (χ0) is 10.8. The van der Waals surface area contributed by atoms with Crippen LogP contribution in [0.3, 0.4) is 0 Å². The number of hydrogen-bond acceptors (Lipinski definition) is 1. The monoisotopic (exact) mass is 219 g/mol. The van der Waals surface area contributed by atoms with Crippen LogP contribution in [0.4, 0.5) is 5.69 Å². The third-order valence-corrected chi connectivity index (χ3v) is 2.73. The Morgan fingerprint density at radius 1 is 1.47 bits per heavy atom. The van der Waals surface area contributed by atoms with Gasteiger partial charge in [-0.05, 0) is 24.1 Å². The molecule has 15 heavy (non-hydrogen) atoms. The summed E-state index contributed by atoms with van der Waals surface area (Å²) in [6, 6.07) is 5.59. The summed E-state index contributed by atoms with van der Waals surface area (Å²) >= 11 is 5.90. The Balaban J connectivity index is 2.46. The maximum absolute atomic E-state index is 11.6. The molecule has 0 aromatic heterocycles. The van der Waals surface area contributed by atoms with Crippen molar-refractivity contribution in [2.45, 2.75) is 12.8 Å². The van der Waals surface area contributed by atoms with E-state index in [-0.39, 0.29) is 5.91 Å². The summed E-state index contributed by atoms with van der Waals surface area (Å²) in [5.41, 5.74) is 1.99. The van der Waals surface area contributed by atoms with Crippen LogP contribution in [0.15, 0.2) is 18.2 Å². The molecule has 0 fully saturated rings. The number of amides is 1. The summed E-state index contributed by atoms with van der Waals surface area (Å²) in [4.78, 5) is 13.3. The van der Waals surface area contributed by atoms with Gasteiger partial charge in [0, 0.05) is 17.1 Å². The van der Waals surface area contributed by atoms with E-state index in [1.54, 1.807) is 11.0 Å². The molecule has 0 saturated carbocycles. The van der Waals surface area contributed by atoms with Gasteiger partial charge in [-0.25, -0.2) is 0 Å². The van der Waals surface area contributed by atoms with Gasteiger partial charge in [0.05, 0.1) is 6.54 Å². The van der Waals surface area contributed by atoms with Gasteiger partial charge in [-0.15, -0.1) is 6.42 Å². The van der Waals surface area contributed by atoms with E-state index in [1.165, 1.54) is 0 Å². The fraction of sp³-hybridized carbons (Fsp3) is 0.250. The fourth-order valence-corrected chi connectivity index (χ4v) is 1.94. The molecule has 1 aliphatic heterocycles. The van der Waals surface area contributed by atoms with E-state index < -0.39 is 0 Å². The topological polar surface area (TPSA) is 20.3 Å². The number of halogens is 1. The van der Waals surface area contributed by atoms with Gasteiger partial charge < -0.3 is 4.90 Å². The predicted molar refractivity (Wildman–Crippen MR) is 61.0 cm³/mol. The second-order valence-electron chi connectivity index (χ2n) is 3.46. The van der Waals surface area contributed by atoms with Gasteiger partial charge in [-0.3, -0.25) is 4.79 Å². The normalized spacial score (nSPS) is 14.7. The Kier molecular flexibility index (Phi) is 2.66. The summed E-state index contributed by atoms with van der Waals surface area (Å²) in [6.07, 6.45) is 6.53. The van der Waals surface area contributed by atoms with E-state index in [0.29, 0.717) is 18.0 Å². The van der Waals surface area contributed by atoms with Crippen molar-refractivity contribution in [3.05, 3.63) is 28.8 Å². The Bertz CT molecular complexity index is 447. The number of aryl methyl sites for hydroxylation is 1. The summed E-state index contributed by atoms with van der Waals surface area (Å²) in [6.45, 7) is 0.312. The molecule has 0 N–H and O–H groups in total. The average molecular weight is 220 g/mol. The van der Waals surface area contributed by atoms with Gasteiger partial charge in [0.1, 0.15) is 0 Å². The Hall–Kier alpha value is -1.46. The lowest BCUT2D eigenvalue weighted by atomic mass is 10.0. The SMILES string of the molecule is C#CCN1C(=O)CCc2ccc(Cl)cc21. The van der Waals surface area contributed by atoms with Crippen LogP contribution in [0, 0.1) is 12.3 Å². The Labute approximate surface area is 93.8 Å². The molecule has 0 saturated heterocycles. The molecular formula is C12H10ClNO. The van der Waals surface area contributed by atoms with Crippen molar-refractivity contribution < 1.29 is 4.79 Å². The van der Waals surface area contributed by atoms with E-state index in [2.05, 4.69) is 5.92 Å². The van der Waals surface area contributed by atoms with Crippen LogP contribution in [-0.2, 0) is 11.2 Å². The van der Waals surface area contributed by atoms with Crippen LogP contribution < -0.4 is 4.90 Å². The molecule has 1 aromatic rings. The number of hydrogen-bond donors (Lipinski definition) is 0. The molecule has 0 spiro atoms. The lowest BCUT2D eigenvalue weighted by molar-refractivity contribution is -0.118. The standard InChI is InChI=1S/C12H10ClNO/c1-2-7-14-11-8-10(13)5-3-9(11)4-6-12(14)15/h1,3,5,8H,4,6-7H2. The summed E-state index contributed by atoms with van der Waals surface area (Å²) < 4.78 is 0. The summed E-state index contributed by atoms with van der Waals surface area (Å²) in [5, 5.41) is 0.630. The zero-order valence-electron chi connectivity index (χ0n) is 8.16. The number of anilines is 1. The maximum atomic E-state index is 11.6. The molecule has 2 rings (SSSR count). The lowest BCUT2D eigenvalue weighted by Gasteiger charge is -2.27. The van der Waals surface area contributed by atoms with Gasteiger partial charge in [0.2, 0.25) is 5.91 Å². The smallest absolute Gasteiger partial charge is 0.228 e. The van der Waals surface area contributed by atoms with E-state index in [0.717, 1.165) is 17.7 Å². The minimum Gasteiger partial charge on any atom is -0.300 e. The van der Waals surface area contributed by atoms with Crippen molar-refractivity contribution in [1.82, 2.24) is 0 Å². The van der Waals surface area contributed by atoms with Gasteiger partial charge in [0.25, 0.3) is 0 Å². The van der Waals surface area contributed by atoms with Crippen molar-refractivity contribution in [3.63, 3.8) is 0 Å². The molecule has 0 aliphatic carbocycles. The van der Waals surface area contributed by atoms with Crippen LogP contribution in [0.2, 0.25) is 5.02 Å². The molecule has 3 heteroatoms. The number of fused-ring (bicyclic) bond motifs is 1. The van der Waals surface area contributed by atoms with Crippen LogP contribution in [0.25, 0.3) is 0 Å². The molecule has 0 atom stereocenters. The molecule has 0 radical (unpaired) electrons. The number of benzene rings is 1. The average Bonchev–Trinajstić information content (AvgIpc) is 2.23. The van der Waals surface area contributed by atoms with E-state index >= 15 is 0 Å². The quantitative estimate of drug-likeness (QED) is 0.664. The van der Waals surface area contributed by atoms with Crippen molar-refractivity contribution in [2.75, 3.05) is 11.4 Å². The second kappa shape index (κ2) is 3.96. The number of rotatable bonds is 1. The van der Waals surface area contributed by atoms with Gasteiger partial charge in [-0.2, -0.15) is 0 Å². The van der Waals surface area contributed by atoms with Crippen molar-refractivity contribution >= 4 is 23.2 Å². The molecule has 2 nitrogen and oxygen atoms in total. The second-order valence-corrected chi connectivity index (χ2v) is 3.89. The van der Waals surface area contributed by atoms with Crippen molar-refractivity contribution in [3.8, 4) is 12.3 Å². The number of nitrogens with zero attached hydrogens (tertiary/aromatic N) is 1. The van der Waals surface area contributed by atoms with Crippen LogP contribution >= 0.6 is 11.6 Å². The summed E-state index contributed by atoms with van der Waals surface area (Å²) in [5.74, 6) is 2.56. The molecular weight excluding hydrogens is 210 g/mol. The highest BCUT2D eigenvalue weighted by atomic mass is 35.5. The predicted octanol–water partition coefficient (Wildman–Crippen LogP) is 2.25. The Morgan fingerprint density at radius 3 is 3.00 bits per heavy atom. The Morgan fingerprint density at radius 2 is 2.27 bits per heavy atom. The summed E-state index contributed by atoms with van der Waals surface area (Å²) in [7, 11) is 0. The van der Waals surface area contributed by atoms with Gasteiger partial charge in [0.15, 0.2) is 0 Å². The number of carbonyl (C=O) groups is 1. The zero-order valence-corrected chi connectivity index (χ0v) is 8.92. The van der Waals surface area contributed by atoms with E-state index in [1.807, 2.05) is 12.1 Å².